The fourth-order valence-electron chi connectivity index (χ4n) is 1.39. The number of aliphatic hydroxyl groups is 2. The molecule has 16 heavy (non-hydrogen) atoms. The predicted molar refractivity (Wildman–Crippen MR) is 66.2 cm³/mol. The lowest BCUT2D eigenvalue weighted by Crippen LogP contribution is -2.19. The lowest BCUT2D eigenvalue weighted by atomic mass is 9.98. The molecule has 0 heterocycles. The van der Waals surface area contributed by atoms with Crippen LogP contribution in [0.15, 0.2) is 18.2 Å². The summed E-state index contributed by atoms with van der Waals surface area (Å²) in [5.74, 6) is 0. The summed E-state index contributed by atoms with van der Waals surface area (Å²) in [5, 5.41) is 20.5. The van der Waals surface area contributed by atoms with E-state index < -0.39 is 12.2 Å². The summed E-state index contributed by atoms with van der Waals surface area (Å²) in [5.41, 5.74) is 0.696. The molecule has 0 aliphatic carbocycles. The molecule has 2 N–H and O–H groups in total. The molecule has 0 aliphatic rings. The van der Waals surface area contributed by atoms with Crippen LogP contribution in [-0.4, -0.2) is 27.9 Å². The van der Waals surface area contributed by atoms with Gasteiger partial charge in [0.1, 0.15) is 12.4 Å². The second-order valence-electron chi connectivity index (χ2n) is 3.38. The number of rotatable bonds is 5. The third-order valence-corrected chi connectivity index (χ3v) is 2.96. The van der Waals surface area contributed by atoms with E-state index in [0.29, 0.717) is 34.2 Å². The molecule has 88 valence electrons. The van der Waals surface area contributed by atoms with Gasteiger partial charge in [-0.25, -0.2) is 0 Å². The van der Waals surface area contributed by atoms with Crippen LogP contribution in [-0.2, 0) is 0 Å². The Kier molecular flexibility index (Phi) is 5.41. The van der Waals surface area contributed by atoms with Gasteiger partial charge < -0.3 is 10.2 Å². The summed E-state index contributed by atoms with van der Waals surface area (Å²) in [6.07, 6.45) is -0.991. The number of aldehydes is 1. The molecule has 3 nitrogen and oxygen atoms in total. The number of carbonyl (C=O) groups excluding carboxylic acids is 1. The molecule has 0 saturated carbocycles. The summed E-state index contributed by atoms with van der Waals surface area (Å²) in [4.78, 5) is 10.8. The van der Waals surface area contributed by atoms with E-state index in [1.165, 1.54) is 12.1 Å². The summed E-state index contributed by atoms with van der Waals surface area (Å²) in [6.45, 7) is 0. The van der Waals surface area contributed by atoms with Crippen molar-refractivity contribution in [1.29, 1.82) is 0 Å². The first-order chi connectivity index (χ1) is 7.60. The first-order valence-electron chi connectivity index (χ1n) is 4.77. The Hall–Kier alpha value is -0.420. The molecule has 0 aliphatic heterocycles. The Bertz CT molecular complexity index is 370. The maximum Gasteiger partial charge on any atom is 0.150 e. The number of hydrogen-bond donors (Lipinski definition) is 2. The number of halogens is 2. The number of carbonyl (C=O) groups is 1. The second-order valence-corrected chi connectivity index (χ2v) is 4.61. The van der Waals surface area contributed by atoms with Crippen molar-refractivity contribution >= 4 is 33.8 Å². The van der Waals surface area contributed by atoms with Crippen LogP contribution in [0.4, 0.5) is 0 Å². The van der Waals surface area contributed by atoms with Crippen LogP contribution in [0.1, 0.15) is 28.4 Å². The van der Waals surface area contributed by atoms with Crippen molar-refractivity contribution in [2.24, 2.45) is 0 Å². The van der Waals surface area contributed by atoms with E-state index in [1.54, 1.807) is 6.07 Å². The number of benzene rings is 1. The number of alkyl halides is 1. The van der Waals surface area contributed by atoms with Gasteiger partial charge in [-0.15, -0.1) is 0 Å². The number of aliphatic hydroxyl groups excluding tert-OH is 2. The van der Waals surface area contributed by atoms with Crippen LogP contribution in [0.25, 0.3) is 0 Å². The molecule has 0 saturated heterocycles. The van der Waals surface area contributed by atoms with E-state index >= 15 is 0 Å². The van der Waals surface area contributed by atoms with Gasteiger partial charge in [-0.3, -0.25) is 4.79 Å². The fourth-order valence-corrected chi connectivity index (χ4v) is 2.04. The van der Waals surface area contributed by atoms with Gasteiger partial charge in [-0.2, -0.15) is 0 Å². The largest absolute Gasteiger partial charge is 0.390 e. The Balaban J connectivity index is 3.00. The zero-order chi connectivity index (χ0) is 12.1. The monoisotopic (exact) mass is 306 g/mol. The van der Waals surface area contributed by atoms with Crippen LogP contribution in [0.5, 0.6) is 0 Å². The minimum Gasteiger partial charge on any atom is -0.390 e. The third-order valence-electron chi connectivity index (χ3n) is 2.26. The molecule has 0 aromatic heterocycles. The minimum absolute atomic E-state index is 0.338. The molecule has 1 rings (SSSR count). The van der Waals surface area contributed by atoms with Crippen molar-refractivity contribution in [3.8, 4) is 0 Å². The molecule has 5 heteroatoms. The first-order valence-corrected chi connectivity index (χ1v) is 6.26. The van der Waals surface area contributed by atoms with Crippen molar-refractivity contribution in [1.82, 2.24) is 0 Å². The maximum atomic E-state index is 10.8. The number of hydrogen-bond acceptors (Lipinski definition) is 3. The maximum absolute atomic E-state index is 10.8. The molecular formula is C11H12BrClO3. The van der Waals surface area contributed by atoms with Gasteiger partial charge in [0.05, 0.1) is 6.10 Å². The molecule has 2 unspecified atom stereocenters. The molecule has 2 atom stereocenters. The van der Waals surface area contributed by atoms with Gasteiger partial charge in [0.2, 0.25) is 0 Å². The lowest BCUT2D eigenvalue weighted by molar-refractivity contribution is 0.0170. The highest BCUT2D eigenvalue weighted by atomic mass is 79.9. The molecule has 0 radical (unpaired) electrons. The molecule has 1 aromatic carbocycles. The highest BCUT2D eigenvalue weighted by Gasteiger charge is 2.20. The quantitative estimate of drug-likeness (QED) is 0.648. The summed E-state index contributed by atoms with van der Waals surface area (Å²) >= 11 is 8.96. The minimum atomic E-state index is -1.10. The molecule has 1 aromatic rings. The SMILES string of the molecule is O=Cc1ccc(Cl)cc1C(O)C(O)CCBr. The highest BCUT2D eigenvalue weighted by Crippen LogP contribution is 2.25. The van der Waals surface area contributed by atoms with Crippen LogP contribution < -0.4 is 0 Å². The van der Waals surface area contributed by atoms with Crippen molar-refractivity contribution in [3.63, 3.8) is 0 Å². The summed E-state index contributed by atoms with van der Waals surface area (Å²) in [6, 6.07) is 4.58. The second kappa shape index (κ2) is 6.35. The van der Waals surface area contributed by atoms with Crippen molar-refractivity contribution < 1.29 is 15.0 Å². The molecule has 0 amide bonds. The van der Waals surface area contributed by atoms with Crippen molar-refractivity contribution in [3.05, 3.63) is 34.3 Å². The van der Waals surface area contributed by atoms with E-state index in [2.05, 4.69) is 15.9 Å². The zero-order valence-corrected chi connectivity index (χ0v) is 10.8. The Labute approximate surface area is 107 Å². The van der Waals surface area contributed by atoms with Gasteiger partial charge in [0.25, 0.3) is 0 Å². The summed E-state index contributed by atoms with van der Waals surface area (Å²) in [7, 11) is 0. The fraction of sp³-hybridized carbons (Fsp3) is 0.364. The Morgan fingerprint density at radius 2 is 2.12 bits per heavy atom. The van der Waals surface area contributed by atoms with Gasteiger partial charge in [0, 0.05) is 15.9 Å². The third kappa shape index (κ3) is 3.28. The van der Waals surface area contributed by atoms with Gasteiger partial charge >= 0.3 is 0 Å². The average Bonchev–Trinajstić information content (AvgIpc) is 2.28. The lowest BCUT2D eigenvalue weighted by Gasteiger charge is -2.18. The van der Waals surface area contributed by atoms with Gasteiger partial charge in [-0.05, 0) is 30.2 Å². The van der Waals surface area contributed by atoms with Crippen LogP contribution in [0, 0.1) is 0 Å². The predicted octanol–water partition coefficient (Wildman–Crippen LogP) is 2.33. The standard InChI is InChI=1S/C11H12BrClO3/c12-4-3-10(15)11(16)9-5-8(13)2-1-7(9)6-14/h1-2,5-6,10-11,15-16H,3-4H2. The van der Waals surface area contributed by atoms with E-state index in [9.17, 15) is 15.0 Å². The van der Waals surface area contributed by atoms with Crippen LogP contribution in [0.2, 0.25) is 5.02 Å². The smallest absolute Gasteiger partial charge is 0.150 e. The molecule has 0 fully saturated rings. The molecule has 0 spiro atoms. The average molecular weight is 308 g/mol. The van der Waals surface area contributed by atoms with Crippen molar-refractivity contribution in [2.75, 3.05) is 5.33 Å². The van der Waals surface area contributed by atoms with E-state index in [4.69, 9.17) is 11.6 Å². The van der Waals surface area contributed by atoms with Crippen molar-refractivity contribution in [2.45, 2.75) is 18.6 Å². The van der Waals surface area contributed by atoms with E-state index in [0.717, 1.165) is 0 Å². The Morgan fingerprint density at radius 3 is 2.69 bits per heavy atom. The van der Waals surface area contributed by atoms with Gasteiger partial charge in [-0.1, -0.05) is 27.5 Å². The van der Waals surface area contributed by atoms with Crippen LogP contribution in [0.3, 0.4) is 0 Å². The van der Waals surface area contributed by atoms with E-state index in [1.807, 2.05) is 0 Å². The zero-order valence-electron chi connectivity index (χ0n) is 8.44. The normalized spacial score (nSPS) is 14.5. The molecular weight excluding hydrogens is 295 g/mol. The Morgan fingerprint density at radius 1 is 1.44 bits per heavy atom. The topological polar surface area (TPSA) is 57.5 Å². The summed E-state index contributed by atoms with van der Waals surface area (Å²) < 4.78 is 0. The highest BCUT2D eigenvalue weighted by molar-refractivity contribution is 9.09. The van der Waals surface area contributed by atoms with E-state index in [-0.39, 0.29) is 0 Å². The van der Waals surface area contributed by atoms with Crippen LogP contribution >= 0.6 is 27.5 Å². The molecule has 0 bridgehead atoms. The van der Waals surface area contributed by atoms with Gasteiger partial charge in [0.15, 0.2) is 0 Å². The first kappa shape index (κ1) is 13.6.